The lowest BCUT2D eigenvalue weighted by Gasteiger charge is -2.30. The number of piperidine rings is 1. The third-order valence-corrected chi connectivity index (χ3v) is 2.98. The Morgan fingerprint density at radius 2 is 2.09 bits per heavy atom. The zero-order chi connectivity index (χ0) is 8.27. The lowest BCUT2D eigenvalue weighted by atomic mass is 10.1. The van der Waals surface area contributed by atoms with Crippen LogP contribution in [0.3, 0.4) is 0 Å². The minimum absolute atomic E-state index is 0.205. The van der Waals surface area contributed by atoms with Crippen LogP contribution in [-0.2, 0) is 4.79 Å². The molecule has 0 atom stereocenters. The molecule has 1 heterocycles. The van der Waals surface area contributed by atoms with Gasteiger partial charge in [-0.15, -0.1) is 0 Å². The third-order valence-electron chi connectivity index (χ3n) is 2.09. The standard InChI is InChI=1S/C7H13IN2O/c1-6(11)10-4-2-7(9-8)3-5-10/h7,9H,2-5H2,1H3. The molecule has 11 heavy (non-hydrogen) atoms. The summed E-state index contributed by atoms with van der Waals surface area (Å²) in [5.74, 6) is 0.205. The molecule has 0 saturated carbocycles. The van der Waals surface area contributed by atoms with Crippen molar-refractivity contribution in [3.63, 3.8) is 0 Å². The van der Waals surface area contributed by atoms with Crippen molar-refractivity contribution in [2.24, 2.45) is 0 Å². The smallest absolute Gasteiger partial charge is 0.219 e. The number of amides is 1. The van der Waals surface area contributed by atoms with E-state index in [1.54, 1.807) is 6.92 Å². The van der Waals surface area contributed by atoms with Crippen LogP contribution in [0.15, 0.2) is 0 Å². The molecule has 0 spiro atoms. The maximum Gasteiger partial charge on any atom is 0.219 e. The van der Waals surface area contributed by atoms with Crippen molar-refractivity contribution in [2.75, 3.05) is 13.1 Å². The van der Waals surface area contributed by atoms with Crippen molar-refractivity contribution in [2.45, 2.75) is 25.8 Å². The molecule has 1 aliphatic rings. The summed E-state index contributed by atoms with van der Waals surface area (Å²) in [5.41, 5.74) is 0. The SMILES string of the molecule is CC(=O)N1CCC(NI)CC1. The first-order valence-electron chi connectivity index (χ1n) is 3.85. The fourth-order valence-electron chi connectivity index (χ4n) is 1.30. The first kappa shape index (κ1) is 9.25. The van der Waals surface area contributed by atoms with Crippen molar-refractivity contribution < 1.29 is 4.79 Å². The summed E-state index contributed by atoms with van der Waals surface area (Å²) in [6.45, 7) is 3.46. The van der Waals surface area contributed by atoms with E-state index in [-0.39, 0.29) is 5.91 Å². The Hall–Kier alpha value is 0.160. The van der Waals surface area contributed by atoms with Crippen LogP contribution in [0.1, 0.15) is 19.8 Å². The Balaban J connectivity index is 2.30. The monoisotopic (exact) mass is 268 g/mol. The summed E-state index contributed by atoms with van der Waals surface area (Å²) in [4.78, 5) is 12.8. The molecule has 1 aliphatic heterocycles. The van der Waals surface area contributed by atoms with Gasteiger partial charge in [-0.25, -0.2) is 0 Å². The zero-order valence-corrected chi connectivity index (χ0v) is 8.80. The molecule has 0 radical (unpaired) electrons. The van der Waals surface area contributed by atoms with Gasteiger partial charge < -0.3 is 4.90 Å². The molecule has 1 saturated heterocycles. The van der Waals surface area contributed by atoms with Gasteiger partial charge in [-0.3, -0.25) is 8.32 Å². The van der Waals surface area contributed by atoms with Crippen LogP contribution in [0.25, 0.3) is 0 Å². The predicted molar refractivity (Wildman–Crippen MR) is 52.4 cm³/mol. The highest BCUT2D eigenvalue weighted by molar-refractivity contribution is 14.1. The van der Waals surface area contributed by atoms with Crippen LogP contribution >= 0.6 is 22.9 Å². The number of likely N-dealkylation sites (tertiary alicyclic amines) is 1. The Labute approximate surface area is 81.0 Å². The van der Waals surface area contributed by atoms with Crippen LogP contribution in [0.2, 0.25) is 0 Å². The molecule has 64 valence electrons. The van der Waals surface area contributed by atoms with Crippen LogP contribution < -0.4 is 3.53 Å². The van der Waals surface area contributed by atoms with Gasteiger partial charge in [-0.2, -0.15) is 0 Å². The van der Waals surface area contributed by atoms with E-state index in [0.717, 1.165) is 25.9 Å². The average molecular weight is 268 g/mol. The van der Waals surface area contributed by atoms with Crippen molar-refractivity contribution in [1.82, 2.24) is 8.43 Å². The molecule has 0 bridgehead atoms. The molecule has 0 aliphatic carbocycles. The maximum atomic E-state index is 10.9. The predicted octanol–water partition coefficient (Wildman–Crippen LogP) is 0.937. The van der Waals surface area contributed by atoms with Gasteiger partial charge in [0.25, 0.3) is 0 Å². The Morgan fingerprint density at radius 3 is 2.45 bits per heavy atom. The highest BCUT2D eigenvalue weighted by Gasteiger charge is 2.18. The lowest BCUT2D eigenvalue weighted by Crippen LogP contribution is -2.41. The highest BCUT2D eigenvalue weighted by Crippen LogP contribution is 2.10. The molecular weight excluding hydrogens is 255 g/mol. The molecule has 0 unspecified atom stereocenters. The van der Waals surface area contributed by atoms with Gasteiger partial charge in [-0.05, 0) is 12.8 Å². The Bertz CT molecular complexity index is 143. The lowest BCUT2D eigenvalue weighted by molar-refractivity contribution is -0.129. The summed E-state index contributed by atoms with van der Waals surface area (Å²) in [7, 11) is 0. The van der Waals surface area contributed by atoms with Gasteiger partial charge in [0.05, 0.1) is 0 Å². The molecule has 1 fully saturated rings. The number of nitrogens with one attached hydrogen (secondary N) is 1. The van der Waals surface area contributed by atoms with Crippen molar-refractivity contribution in [3.8, 4) is 0 Å². The summed E-state index contributed by atoms with van der Waals surface area (Å²) in [6.07, 6.45) is 2.17. The molecule has 0 aromatic heterocycles. The number of halogens is 1. The van der Waals surface area contributed by atoms with E-state index < -0.39 is 0 Å². The van der Waals surface area contributed by atoms with E-state index in [4.69, 9.17) is 0 Å². The molecule has 1 rings (SSSR count). The van der Waals surface area contributed by atoms with Gasteiger partial charge in [0.15, 0.2) is 0 Å². The fraction of sp³-hybridized carbons (Fsp3) is 0.857. The molecule has 1 N–H and O–H groups in total. The maximum absolute atomic E-state index is 10.9. The Morgan fingerprint density at radius 1 is 1.55 bits per heavy atom. The van der Waals surface area contributed by atoms with Crippen molar-refractivity contribution >= 4 is 28.8 Å². The van der Waals surface area contributed by atoms with Gasteiger partial charge in [0.1, 0.15) is 0 Å². The summed E-state index contributed by atoms with van der Waals surface area (Å²) >= 11 is 2.18. The van der Waals surface area contributed by atoms with E-state index in [2.05, 4.69) is 26.4 Å². The summed E-state index contributed by atoms with van der Waals surface area (Å²) < 4.78 is 3.20. The number of carbonyl (C=O) groups is 1. The van der Waals surface area contributed by atoms with Crippen LogP contribution in [-0.4, -0.2) is 29.9 Å². The van der Waals surface area contributed by atoms with Gasteiger partial charge in [0.2, 0.25) is 5.91 Å². The average Bonchev–Trinajstić information content (AvgIpc) is 2.05. The minimum atomic E-state index is 0.205. The summed E-state index contributed by atoms with van der Waals surface area (Å²) in [5, 5.41) is 0. The second-order valence-electron chi connectivity index (χ2n) is 2.89. The van der Waals surface area contributed by atoms with Crippen LogP contribution in [0, 0.1) is 0 Å². The molecule has 3 nitrogen and oxygen atoms in total. The molecule has 1 amide bonds. The van der Waals surface area contributed by atoms with E-state index in [1.165, 1.54) is 0 Å². The molecular formula is C7H13IN2O. The van der Waals surface area contributed by atoms with E-state index in [1.807, 2.05) is 4.90 Å². The molecule has 0 aromatic carbocycles. The van der Waals surface area contributed by atoms with Gasteiger partial charge in [0, 0.05) is 48.9 Å². The van der Waals surface area contributed by atoms with Gasteiger partial charge >= 0.3 is 0 Å². The first-order valence-corrected chi connectivity index (χ1v) is 4.93. The van der Waals surface area contributed by atoms with Crippen LogP contribution in [0.4, 0.5) is 0 Å². The normalized spacial score (nSPS) is 20.4. The minimum Gasteiger partial charge on any atom is -0.343 e. The quantitative estimate of drug-likeness (QED) is 0.567. The summed E-state index contributed by atoms with van der Waals surface area (Å²) in [6, 6.07) is 0.603. The highest BCUT2D eigenvalue weighted by atomic mass is 127. The van der Waals surface area contributed by atoms with E-state index >= 15 is 0 Å². The third kappa shape index (κ3) is 2.59. The largest absolute Gasteiger partial charge is 0.343 e. The number of hydrogen-bond acceptors (Lipinski definition) is 2. The number of carbonyl (C=O) groups excluding carboxylic acids is 1. The van der Waals surface area contributed by atoms with Crippen molar-refractivity contribution in [3.05, 3.63) is 0 Å². The van der Waals surface area contributed by atoms with Crippen LogP contribution in [0.5, 0.6) is 0 Å². The number of nitrogens with zero attached hydrogens (tertiary/aromatic N) is 1. The Kier molecular flexibility index (Phi) is 3.58. The number of rotatable bonds is 1. The fourth-order valence-corrected chi connectivity index (χ4v) is 1.93. The second kappa shape index (κ2) is 4.25. The van der Waals surface area contributed by atoms with Crippen molar-refractivity contribution in [1.29, 1.82) is 0 Å². The first-order chi connectivity index (χ1) is 5.24. The zero-order valence-electron chi connectivity index (χ0n) is 6.64. The van der Waals surface area contributed by atoms with Gasteiger partial charge in [-0.1, -0.05) is 0 Å². The molecule has 0 aromatic rings. The second-order valence-corrected chi connectivity index (χ2v) is 3.51. The van der Waals surface area contributed by atoms with E-state index in [0.29, 0.717) is 6.04 Å². The molecule has 4 heteroatoms. The number of hydrogen-bond donors (Lipinski definition) is 1. The van der Waals surface area contributed by atoms with E-state index in [9.17, 15) is 4.79 Å². The topological polar surface area (TPSA) is 32.3 Å².